The maximum atomic E-state index is 11.8. The molecule has 38 heavy (non-hydrogen) atoms. The minimum Gasteiger partial charge on any atom is -0.490 e. The number of amides is 1. The Morgan fingerprint density at radius 1 is 0.974 bits per heavy atom. The maximum Gasteiger partial charge on any atom is 0.407 e. The van der Waals surface area contributed by atoms with E-state index in [2.05, 4.69) is 24.3 Å². The highest BCUT2D eigenvalue weighted by molar-refractivity contribution is 5.88. The van der Waals surface area contributed by atoms with E-state index in [0.29, 0.717) is 37.4 Å². The fourth-order valence-corrected chi connectivity index (χ4v) is 4.74. The van der Waals surface area contributed by atoms with Gasteiger partial charge in [-0.2, -0.15) is 0 Å². The van der Waals surface area contributed by atoms with Crippen molar-refractivity contribution in [2.24, 2.45) is 0 Å². The third-order valence-corrected chi connectivity index (χ3v) is 6.76. The van der Waals surface area contributed by atoms with Gasteiger partial charge in [-0.25, -0.2) is 9.59 Å². The number of carbonyl (C=O) groups excluding carboxylic acids is 1. The van der Waals surface area contributed by atoms with E-state index < -0.39 is 12.1 Å². The predicted octanol–water partition coefficient (Wildman–Crippen LogP) is 5.72. The SMILES string of the molecule is O=C(OCCOc1ccc(C2CCN(C(=O)O)CC2OCc2ccc3ccccc3c2)cc1)c1ccoc1. The Labute approximate surface area is 220 Å². The fourth-order valence-electron chi connectivity index (χ4n) is 4.74. The third-order valence-electron chi connectivity index (χ3n) is 6.76. The Balaban J connectivity index is 1.19. The molecule has 3 aromatic carbocycles. The molecule has 0 aliphatic carbocycles. The topological polar surface area (TPSA) is 98.4 Å². The van der Waals surface area contributed by atoms with Crippen molar-refractivity contribution in [3.63, 3.8) is 0 Å². The maximum absolute atomic E-state index is 11.8. The molecule has 2 atom stereocenters. The van der Waals surface area contributed by atoms with Crippen molar-refractivity contribution >= 4 is 22.8 Å². The molecule has 2 unspecified atom stereocenters. The highest BCUT2D eigenvalue weighted by atomic mass is 16.6. The predicted molar refractivity (Wildman–Crippen MR) is 140 cm³/mol. The number of hydrogen-bond acceptors (Lipinski definition) is 6. The van der Waals surface area contributed by atoms with Gasteiger partial charge in [-0.3, -0.25) is 0 Å². The molecule has 8 nitrogen and oxygen atoms in total. The van der Waals surface area contributed by atoms with Gasteiger partial charge >= 0.3 is 12.1 Å². The van der Waals surface area contributed by atoms with Crippen LogP contribution in [0, 0.1) is 0 Å². The van der Waals surface area contributed by atoms with E-state index in [-0.39, 0.29) is 25.2 Å². The number of carbonyl (C=O) groups is 2. The molecule has 8 heteroatoms. The van der Waals surface area contributed by atoms with Crippen LogP contribution < -0.4 is 4.74 Å². The van der Waals surface area contributed by atoms with Gasteiger partial charge in [0.25, 0.3) is 0 Å². The molecule has 1 aromatic heterocycles. The highest BCUT2D eigenvalue weighted by Crippen LogP contribution is 2.32. The van der Waals surface area contributed by atoms with Gasteiger partial charge in [0.1, 0.15) is 25.2 Å². The van der Waals surface area contributed by atoms with Crippen LogP contribution in [-0.4, -0.2) is 54.5 Å². The lowest BCUT2D eigenvalue weighted by atomic mass is 9.87. The molecule has 1 N–H and O–H groups in total. The second kappa shape index (κ2) is 11.8. The zero-order valence-electron chi connectivity index (χ0n) is 20.8. The monoisotopic (exact) mass is 515 g/mol. The van der Waals surface area contributed by atoms with E-state index in [0.717, 1.165) is 16.5 Å². The number of likely N-dealkylation sites (tertiary alicyclic amines) is 1. The molecule has 2 heterocycles. The van der Waals surface area contributed by atoms with Gasteiger partial charge < -0.3 is 28.6 Å². The smallest absolute Gasteiger partial charge is 0.407 e. The summed E-state index contributed by atoms with van der Waals surface area (Å²) in [6.07, 6.45) is 2.21. The standard InChI is InChI=1S/C30H29NO7/c32-29(25-12-14-35-20-25)37-16-15-36-26-9-7-23(8-10-26)27-11-13-31(30(33)34)18-28(27)38-19-21-5-6-22-3-1-2-4-24(22)17-21/h1-10,12,14,17,20,27-28H,11,13,15-16,18-19H2,(H,33,34). The second-order valence-electron chi connectivity index (χ2n) is 9.22. The van der Waals surface area contributed by atoms with Gasteiger partial charge in [0.05, 0.1) is 31.1 Å². The zero-order chi connectivity index (χ0) is 26.3. The van der Waals surface area contributed by atoms with Crippen LogP contribution in [0.3, 0.4) is 0 Å². The number of piperidine rings is 1. The lowest BCUT2D eigenvalue weighted by Gasteiger charge is -2.37. The van der Waals surface area contributed by atoms with Crippen LogP contribution in [0.2, 0.25) is 0 Å². The van der Waals surface area contributed by atoms with Gasteiger partial charge in [0, 0.05) is 12.5 Å². The second-order valence-corrected chi connectivity index (χ2v) is 9.22. The summed E-state index contributed by atoms with van der Waals surface area (Å²) in [6.45, 7) is 1.50. The van der Waals surface area contributed by atoms with Crippen molar-refractivity contribution in [3.05, 3.63) is 102 Å². The molecule has 0 radical (unpaired) electrons. The molecule has 1 amide bonds. The van der Waals surface area contributed by atoms with E-state index in [9.17, 15) is 14.7 Å². The Morgan fingerprint density at radius 3 is 2.55 bits per heavy atom. The summed E-state index contributed by atoms with van der Waals surface area (Å²) < 4.78 is 22.1. The minimum atomic E-state index is -0.931. The average molecular weight is 516 g/mol. The van der Waals surface area contributed by atoms with Gasteiger partial charge in [-0.05, 0) is 52.6 Å². The summed E-state index contributed by atoms with van der Waals surface area (Å²) in [5.41, 5.74) is 2.48. The Hall–Kier alpha value is -4.30. The molecule has 1 aliphatic rings. The molecule has 0 bridgehead atoms. The summed E-state index contributed by atoms with van der Waals surface area (Å²) in [6, 6.07) is 23.7. The molecule has 0 spiro atoms. The Kier molecular flexibility index (Phi) is 7.89. The summed E-state index contributed by atoms with van der Waals surface area (Å²) in [5, 5.41) is 11.9. The van der Waals surface area contributed by atoms with Crippen molar-refractivity contribution in [1.29, 1.82) is 0 Å². The van der Waals surface area contributed by atoms with Crippen molar-refractivity contribution in [2.75, 3.05) is 26.3 Å². The zero-order valence-corrected chi connectivity index (χ0v) is 20.8. The van der Waals surface area contributed by atoms with Crippen molar-refractivity contribution in [2.45, 2.75) is 25.0 Å². The number of nitrogens with zero attached hydrogens (tertiary/aromatic N) is 1. The molecule has 1 saturated heterocycles. The number of furan rings is 1. The Bertz CT molecular complexity index is 1370. The fraction of sp³-hybridized carbons (Fsp3) is 0.267. The quantitative estimate of drug-likeness (QED) is 0.225. The normalized spacial score (nSPS) is 17.3. The van der Waals surface area contributed by atoms with E-state index >= 15 is 0 Å². The van der Waals surface area contributed by atoms with Gasteiger partial charge in [-0.15, -0.1) is 0 Å². The first kappa shape index (κ1) is 25.4. The highest BCUT2D eigenvalue weighted by Gasteiger charge is 2.33. The first-order chi connectivity index (χ1) is 18.6. The summed E-state index contributed by atoms with van der Waals surface area (Å²) in [7, 11) is 0. The molecule has 4 aromatic rings. The molecular formula is C30H29NO7. The van der Waals surface area contributed by atoms with Crippen molar-refractivity contribution in [1.82, 2.24) is 4.90 Å². The number of rotatable bonds is 9. The molecule has 5 rings (SSSR count). The van der Waals surface area contributed by atoms with Crippen LogP contribution in [-0.2, 0) is 16.1 Å². The molecule has 196 valence electrons. The third kappa shape index (κ3) is 6.15. The summed E-state index contributed by atoms with van der Waals surface area (Å²) in [5.74, 6) is 0.251. The number of benzene rings is 3. The first-order valence-electron chi connectivity index (χ1n) is 12.6. The molecule has 1 fully saturated rings. The van der Waals surface area contributed by atoms with E-state index in [1.54, 1.807) is 6.07 Å². The summed E-state index contributed by atoms with van der Waals surface area (Å²) >= 11 is 0. The van der Waals surface area contributed by atoms with Gasteiger partial charge in [0.15, 0.2) is 0 Å². The summed E-state index contributed by atoms with van der Waals surface area (Å²) in [4.78, 5) is 24.9. The average Bonchev–Trinajstić information content (AvgIpc) is 3.50. The van der Waals surface area contributed by atoms with Crippen LogP contribution in [0.5, 0.6) is 5.75 Å². The Morgan fingerprint density at radius 2 is 1.79 bits per heavy atom. The van der Waals surface area contributed by atoms with Crippen LogP contribution in [0.4, 0.5) is 4.79 Å². The van der Waals surface area contributed by atoms with E-state index in [1.165, 1.54) is 22.8 Å². The number of esters is 1. The van der Waals surface area contributed by atoms with E-state index in [4.69, 9.17) is 18.6 Å². The van der Waals surface area contributed by atoms with Gasteiger partial charge in [-0.1, -0.05) is 48.5 Å². The lowest BCUT2D eigenvalue weighted by molar-refractivity contribution is -0.0199. The number of ether oxygens (including phenoxy) is 3. The van der Waals surface area contributed by atoms with Crippen LogP contribution in [0.15, 0.2) is 89.7 Å². The molecule has 0 saturated carbocycles. The molecule has 1 aliphatic heterocycles. The first-order valence-corrected chi connectivity index (χ1v) is 12.6. The van der Waals surface area contributed by atoms with Crippen LogP contribution in [0.1, 0.15) is 33.8 Å². The minimum absolute atomic E-state index is 0.0519. The lowest BCUT2D eigenvalue weighted by Crippen LogP contribution is -2.46. The van der Waals surface area contributed by atoms with Crippen molar-refractivity contribution in [3.8, 4) is 5.75 Å². The van der Waals surface area contributed by atoms with Crippen molar-refractivity contribution < 1.29 is 33.3 Å². The van der Waals surface area contributed by atoms with E-state index in [1.807, 2.05) is 42.5 Å². The van der Waals surface area contributed by atoms with Crippen LogP contribution in [0.25, 0.3) is 10.8 Å². The number of fused-ring (bicyclic) bond motifs is 1. The molecular weight excluding hydrogens is 486 g/mol. The number of carboxylic acid groups (broad SMARTS) is 1. The largest absolute Gasteiger partial charge is 0.490 e. The number of hydrogen-bond donors (Lipinski definition) is 1. The van der Waals surface area contributed by atoms with Gasteiger partial charge in [0.2, 0.25) is 0 Å². The van der Waals surface area contributed by atoms with Crippen LogP contribution >= 0.6 is 0 Å².